The van der Waals surface area contributed by atoms with Crippen LogP contribution in [-0.4, -0.2) is 63.2 Å². The summed E-state index contributed by atoms with van der Waals surface area (Å²) in [6.45, 7) is 4.24. The number of ether oxygens (including phenoxy) is 2. The van der Waals surface area contributed by atoms with Crippen molar-refractivity contribution in [2.24, 2.45) is 0 Å². The number of hydrogen-bond acceptors (Lipinski definition) is 5. The molecule has 0 aromatic heterocycles. The zero-order chi connectivity index (χ0) is 20.6. The summed E-state index contributed by atoms with van der Waals surface area (Å²) in [5.41, 5.74) is 0.666. The SMILES string of the molecule is COc1cccc(C(=O)NCCN2CCOCC2)c1NC(=O)c1cccc(F)c1. The van der Waals surface area contributed by atoms with Crippen molar-refractivity contribution in [3.63, 3.8) is 0 Å². The predicted molar refractivity (Wildman–Crippen MR) is 107 cm³/mol. The van der Waals surface area contributed by atoms with E-state index in [-0.39, 0.29) is 22.7 Å². The van der Waals surface area contributed by atoms with Crippen molar-refractivity contribution >= 4 is 17.5 Å². The molecule has 1 saturated heterocycles. The van der Waals surface area contributed by atoms with Crippen LogP contribution < -0.4 is 15.4 Å². The summed E-state index contributed by atoms with van der Waals surface area (Å²) in [5.74, 6) is -1.03. The topological polar surface area (TPSA) is 79.9 Å². The van der Waals surface area contributed by atoms with E-state index in [2.05, 4.69) is 15.5 Å². The maximum atomic E-state index is 13.4. The highest BCUT2D eigenvalue weighted by Crippen LogP contribution is 2.29. The fourth-order valence-corrected chi connectivity index (χ4v) is 3.08. The lowest BCUT2D eigenvalue weighted by Crippen LogP contribution is -2.41. The molecule has 3 rings (SSSR count). The molecule has 1 aliphatic heterocycles. The van der Waals surface area contributed by atoms with Crippen LogP contribution in [0.15, 0.2) is 42.5 Å². The molecule has 1 heterocycles. The number of methoxy groups -OCH3 is 1. The standard InChI is InChI=1S/C21H24FN3O4/c1-28-18-7-3-6-17(21(27)23-8-9-25-10-12-29-13-11-25)19(18)24-20(26)15-4-2-5-16(22)14-15/h2-7,14H,8-13H2,1H3,(H,23,27)(H,24,26). The Bertz CT molecular complexity index is 869. The Morgan fingerprint density at radius 3 is 2.62 bits per heavy atom. The van der Waals surface area contributed by atoms with Gasteiger partial charge in [-0.25, -0.2) is 4.39 Å². The summed E-state index contributed by atoms with van der Waals surface area (Å²) in [7, 11) is 1.45. The summed E-state index contributed by atoms with van der Waals surface area (Å²) < 4.78 is 24.0. The monoisotopic (exact) mass is 401 g/mol. The first-order valence-electron chi connectivity index (χ1n) is 9.40. The van der Waals surface area contributed by atoms with Crippen LogP contribution in [0, 0.1) is 5.82 Å². The molecule has 0 saturated carbocycles. The van der Waals surface area contributed by atoms with Crippen LogP contribution in [0.25, 0.3) is 0 Å². The number of nitrogens with one attached hydrogen (secondary N) is 2. The van der Waals surface area contributed by atoms with Crippen molar-refractivity contribution in [1.82, 2.24) is 10.2 Å². The third-order valence-electron chi connectivity index (χ3n) is 4.63. The summed E-state index contributed by atoms with van der Waals surface area (Å²) >= 11 is 0. The molecule has 0 bridgehead atoms. The Labute approximate surface area is 168 Å². The van der Waals surface area contributed by atoms with Gasteiger partial charge in [-0.05, 0) is 30.3 Å². The first-order valence-corrected chi connectivity index (χ1v) is 9.40. The number of anilines is 1. The Hall–Kier alpha value is -2.97. The van der Waals surface area contributed by atoms with Crippen molar-refractivity contribution < 1.29 is 23.5 Å². The van der Waals surface area contributed by atoms with E-state index >= 15 is 0 Å². The first-order chi connectivity index (χ1) is 14.1. The van der Waals surface area contributed by atoms with Gasteiger partial charge in [0, 0.05) is 31.7 Å². The zero-order valence-corrected chi connectivity index (χ0v) is 16.2. The molecule has 8 heteroatoms. The highest BCUT2D eigenvalue weighted by atomic mass is 19.1. The van der Waals surface area contributed by atoms with Gasteiger partial charge in [0.15, 0.2) is 0 Å². The molecule has 2 aromatic carbocycles. The van der Waals surface area contributed by atoms with Gasteiger partial charge < -0.3 is 20.1 Å². The van der Waals surface area contributed by atoms with E-state index in [0.29, 0.717) is 32.1 Å². The van der Waals surface area contributed by atoms with Crippen LogP contribution in [0.5, 0.6) is 5.75 Å². The number of para-hydroxylation sites is 1. The van der Waals surface area contributed by atoms with Crippen molar-refractivity contribution in [3.05, 3.63) is 59.4 Å². The normalized spacial score (nSPS) is 14.3. The average Bonchev–Trinajstić information content (AvgIpc) is 2.74. The van der Waals surface area contributed by atoms with Gasteiger partial charge in [-0.15, -0.1) is 0 Å². The van der Waals surface area contributed by atoms with Gasteiger partial charge in [0.2, 0.25) is 0 Å². The third kappa shape index (κ3) is 5.52. The summed E-state index contributed by atoms with van der Waals surface area (Å²) in [5, 5.41) is 5.55. The van der Waals surface area contributed by atoms with Crippen molar-refractivity contribution in [1.29, 1.82) is 0 Å². The molecule has 29 heavy (non-hydrogen) atoms. The first kappa shape index (κ1) is 20.8. The van der Waals surface area contributed by atoms with E-state index in [1.54, 1.807) is 18.2 Å². The molecule has 2 aromatic rings. The van der Waals surface area contributed by atoms with Gasteiger partial charge in [0.1, 0.15) is 11.6 Å². The fourth-order valence-electron chi connectivity index (χ4n) is 3.08. The molecule has 2 N–H and O–H groups in total. The third-order valence-corrected chi connectivity index (χ3v) is 4.63. The van der Waals surface area contributed by atoms with Crippen LogP contribution in [0.2, 0.25) is 0 Å². The van der Waals surface area contributed by atoms with E-state index in [1.165, 1.54) is 25.3 Å². The van der Waals surface area contributed by atoms with Crippen molar-refractivity contribution in [3.8, 4) is 5.75 Å². The minimum atomic E-state index is -0.531. The second kappa shape index (κ2) is 9.99. The molecule has 2 amide bonds. The molecule has 7 nitrogen and oxygen atoms in total. The van der Waals surface area contributed by atoms with Gasteiger partial charge in [-0.2, -0.15) is 0 Å². The van der Waals surface area contributed by atoms with E-state index in [1.807, 2.05) is 0 Å². The van der Waals surface area contributed by atoms with Gasteiger partial charge in [-0.3, -0.25) is 14.5 Å². The second-order valence-electron chi connectivity index (χ2n) is 6.56. The average molecular weight is 401 g/mol. The second-order valence-corrected chi connectivity index (χ2v) is 6.56. The Kier molecular flexibility index (Phi) is 7.15. The molecular formula is C21H24FN3O4. The highest BCUT2D eigenvalue weighted by Gasteiger charge is 2.19. The zero-order valence-electron chi connectivity index (χ0n) is 16.2. The lowest BCUT2D eigenvalue weighted by Gasteiger charge is -2.26. The number of hydrogen-bond donors (Lipinski definition) is 2. The smallest absolute Gasteiger partial charge is 0.255 e. The quantitative estimate of drug-likeness (QED) is 0.743. The van der Waals surface area contributed by atoms with Crippen LogP contribution in [0.1, 0.15) is 20.7 Å². The molecular weight excluding hydrogens is 377 g/mol. The number of carbonyl (C=O) groups is 2. The molecule has 154 valence electrons. The number of rotatable bonds is 7. The van der Waals surface area contributed by atoms with Crippen LogP contribution in [0.3, 0.4) is 0 Å². The summed E-state index contributed by atoms with van der Waals surface area (Å²) in [6, 6.07) is 10.3. The minimum Gasteiger partial charge on any atom is -0.495 e. The van der Waals surface area contributed by atoms with Crippen LogP contribution in [-0.2, 0) is 4.74 Å². The van der Waals surface area contributed by atoms with Crippen LogP contribution in [0.4, 0.5) is 10.1 Å². The lowest BCUT2D eigenvalue weighted by atomic mass is 10.1. The number of benzene rings is 2. The molecule has 0 radical (unpaired) electrons. The molecule has 0 atom stereocenters. The predicted octanol–water partition coefficient (Wildman–Crippen LogP) is 2.15. The molecule has 0 aliphatic carbocycles. The maximum Gasteiger partial charge on any atom is 0.255 e. The lowest BCUT2D eigenvalue weighted by molar-refractivity contribution is 0.0383. The van der Waals surface area contributed by atoms with Crippen molar-refractivity contribution in [2.45, 2.75) is 0 Å². The molecule has 1 fully saturated rings. The van der Waals surface area contributed by atoms with Crippen molar-refractivity contribution in [2.75, 3.05) is 51.8 Å². The maximum absolute atomic E-state index is 13.4. The Morgan fingerprint density at radius 2 is 1.90 bits per heavy atom. The number of halogens is 1. The summed E-state index contributed by atoms with van der Waals surface area (Å²) in [6.07, 6.45) is 0. The fraction of sp³-hybridized carbons (Fsp3) is 0.333. The number of morpholine rings is 1. The number of carbonyl (C=O) groups excluding carboxylic acids is 2. The van der Waals surface area contributed by atoms with Gasteiger partial charge in [0.25, 0.3) is 11.8 Å². The Morgan fingerprint density at radius 1 is 1.14 bits per heavy atom. The van der Waals surface area contributed by atoms with E-state index in [4.69, 9.17) is 9.47 Å². The summed E-state index contributed by atoms with van der Waals surface area (Å²) in [4.78, 5) is 27.5. The molecule has 0 unspecified atom stereocenters. The van der Waals surface area contributed by atoms with Gasteiger partial charge in [0.05, 0.1) is 31.6 Å². The van der Waals surface area contributed by atoms with Gasteiger partial charge in [-0.1, -0.05) is 12.1 Å². The Balaban J connectivity index is 1.71. The van der Waals surface area contributed by atoms with Crippen LogP contribution >= 0.6 is 0 Å². The number of nitrogens with zero attached hydrogens (tertiary/aromatic N) is 1. The number of amides is 2. The highest BCUT2D eigenvalue weighted by molar-refractivity contribution is 6.10. The minimum absolute atomic E-state index is 0.148. The van der Waals surface area contributed by atoms with E-state index in [9.17, 15) is 14.0 Å². The van der Waals surface area contributed by atoms with Gasteiger partial charge >= 0.3 is 0 Å². The molecule has 0 spiro atoms. The van der Waals surface area contributed by atoms with E-state index in [0.717, 1.165) is 19.2 Å². The largest absolute Gasteiger partial charge is 0.495 e. The van der Waals surface area contributed by atoms with E-state index < -0.39 is 11.7 Å². The molecule has 1 aliphatic rings.